The monoisotopic (exact) mass is 693 g/mol. The third kappa shape index (κ3) is 9.25. The molecule has 0 radical (unpaired) electrons. The summed E-state index contributed by atoms with van der Waals surface area (Å²) < 4.78 is 0. The van der Waals surface area contributed by atoms with Crippen LogP contribution in [-0.4, -0.2) is 86.9 Å². The van der Waals surface area contributed by atoms with Crippen LogP contribution in [0.4, 0.5) is 0 Å². The van der Waals surface area contributed by atoms with Gasteiger partial charge in [0.1, 0.15) is 17.8 Å². The van der Waals surface area contributed by atoms with E-state index in [4.69, 9.17) is 0 Å². The quantitative estimate of drug-likeness (QED) is 0.215. The summed E-state index contributed by atoms with van der Waals surface area (Å²) in [7, 11) is 0. The SMILES string of the molecule is CCCC(NC(=O)C1C2CCCC2CN1C(=O)C(NC(=O)CC(NC(=O)c1cnccn1)C1CCCCC1)C(C)(C)C)C(=O)C(=O)NC1CC1. The molecule has 3 aliphatic carbocycles. The van der Waals surface area contributed by atoms with Crippen molar-refractivity contribution in [1.82, 2.24) is 36.1 Å². The molecule has 13 nitrogen and oxygen atoms in total. The van der Waals surface area contributed by atoms with Crippen molar-refractivity contribution in [3.8, 4) is 0 Å². The van der Waals surface area contributed by atoms with Crippen molar-refractivity contribution in [3.63, 3.8) is 0 Å². The van der Waals surface area contributed by atoms with E-state index in [-0.39, 0.29) is 47.7 Å². The van der Waals surface area contributed by atoms with E-state index in [1.54, 1.807) is 4.90 Å². The second-order valence-electron chi connectivity index (χ2n) is 15.9. The van der Waals surface area contributed by atoms with Gasteiger partial charge in [-0.25, -0.2) is 4.98 Å². The molecule has 3 saturated carbocycles. The number of rotatable bonds is 14. The first-order chi connectivity index (χ1) is 23.9. The van der Waals surface area contributed by atoms with Crippen LogP contribution in [0.3, 0.4) is 0 Å². The largest absolute Gasteiger partial charge is 0.347 e. The summed E-state index contributed by atoms with van der Waals surface area (Å²) in [5.41, 5.74) is -0.525. The molecule has 4 aliphatic rings. The summed E-state index contributed by atoms with van der Waals surface area (Å²) in [6, 6.07) is -3.16. The van der Waals surface area contributed by atoms with E-state index >= 15 is 0 Å². The maximum atomic E-state index is 14.5. The molecule has 1 saturated heterocycles. The minimum absolute atomic E-state index is 0.00454. The van der Waals surface area contributed by atoms with E-state index in [0.717, 1.165) is 64.2 Å². The molecule has 274 valence electrons. The lowest BCUT2D eigenvalue weighted by molar-refractivity contribution is -0.146. The van der Waals surface area contributed by atoms with Gasteiger partial charge in [0.2, 0.25) is 23.5 Å². The van der Waals surface area contributed by atoms with Crippen LogP contribution in [0.15, 0.2) is 18.6 Å². The zero-order valence-corrected chi connectivity index (χ0v) is 30.0. The smallest absolute Gasteiger partial charge is 0.289 e. The van der Waals surface area contributed by atoms with Crippen molar-refractivity contribution in [2.75, 3.05) is 6.54 Å². The number of carbonyl (C=O) groups excluding carboxylic acids is 6. The van der Waals surface area contributed by atoms with Crippen LogP contribution in [0, 0.1) is 23.2 Å². The van der Waals surface area contributed by atoms with Crippen molar-refractivity contribution in [3.05, 3.63) is 24.3 Å². The van der Waals surface area contributed by atoms with Gasteiger partial charge < -0.3 is 26.2 Å². The Balaban J connectivity index is 1.31. The summed E-state index contributed by atoms with van der Waals surface area (Å²) in [6.45, 7) is 7.91. The predicted molar refractivity (Wildman–Crippen MR) is 185 cm³/mol. The Morgan fingerprint density at radius 3 is 2.28 bits per heavy atom. The van der Waals surface area contributed by atoms with Crippen LogP contribution in [0.5, 0.6) is 0 Å². The lowest BCUT2D eigenvalue weighted by atomic mass is 9.82. The molecule has 5 rings (SSSR count). The summed E-state index contributed by atoms with van der Waals surface area (Å²) in [5, 5.41) is 11.6. The van der Waals surface area contributed by atoms with Gasteiger partial charge >= 0.3 is 0 Å². The number of nitrogens with one attached hydrogen (secondary N) is 4. The first-order valence-electron chi connectivity index (χ1n) is 18.7. The molecule has 1 aromatic rings. The standard InChI is InChI=1S/C37H55N7O6/c1-5-10-26(31(46)35(49)40-24-15-16-24)41-34(48)30-25-14-9-13-23(25)21-44(30)36(50)32(37(2,3)4)43-29(45)19-27(22-11-7-6-8-12-22)42-33(47)28-20-38-17-18-39-28/h17-18,20,22-27,30,32H,5-16,19,21H2,1-4H3,(H,40,49)(H,41,48)(H,42,47)(H,43,45). The molecule has 6 unspecified atom stereocenters. The summed E-state index contributed by atoms with van der Waals surface area (Å²) in [4.78, 5) is 91.0. The minimum Gasteiger partial charge on any atom is -0.347 e. The topological polar surface area (TPSA) is 180 Å². The van der Waals surface area contributed by atoms with Crippen LogP contribution in [0.1, 0.15) is 122 Å². The molecule has 0 spiro atoms. The van der Waals surface area contributed by atoms with Gasteiger partial charge in [0.05, 0.1) is 12.2 Å². The Morgan fingerprint density at radius 2 is 1.64 bits per heavy atom. The highest BCUT2D eigenvalue weighted by molar-refractivity contribution is 6.38. The Morgan fingerprint density at radius 1 is 0.900 bits per heavy atom. The summed E-state index contributed by atoms with van der Waals surface area (Å²) in [5.74, 6) is -2.70. The Labute approximate surface area is 295 Å². The number of amides is 5. The molecule has 2 heterocycles. The van der Waals surface area contributed by atoms with Gasteiger partial charge in [-0.3, -0.25) is 33.8 Å². The maximum Gasteiger partial charge on any atom is 0.289 e. The number of hydrogen-bond acceptors (Lipinski definition) is 8. The fourth-order valence-corrected chi connectivity index (χ4v) is 8.09. The number of aromatic nitrogens is 2. The molecule has 5 amide bonds. The van der Waals surface area contributed by atoms with Crippen molar-refractivity contribution in [2.24, 2.45) is 23.2 Å². The van der Waals surface area contributed by atoms with Crippen molar-refractivity contribution >= 4 is 35.3 Å². The lowest BCUT2D eigenvalue weighted by Crippen LogP contribution is -2.60. The zero-order valence-electron chi connectivity index (χ0n) is 30.0. The van der Waals surface area contributed by atoms with E-state index in [1.807, 2.05) is 27.7 Å². The number of Topliss-reactive ketones (excluding diaryl/α,β-unsaturated/α-hetero) is 1. The van der Waals surface area contributed by atoms with Crippen molar-refractivity contribution in [1.29, 1.82) is 0 Å². The zero-order chi connectivity index (χ0) is 36.0. The molecule has 4 fully saturated rings. The van der Waals surface area contributed by atoms with Crippen LogP contribution < -0.4 is 21.3 Å². The highest BCUT2D eigenvalue weighted by atomic mass is 16.2. The fraction of sp³-hybridized carbons (Fsp3) is 0.730. The van der Waals surface area contributed by atoms with E-state index in [1.165, 1.54) is 18.6 Å². The number of ketones is 1. The lowest BCUT2D eigenvalue weighted by Gasteiger charge is -2.37. The van der Waals surface area contributed by atoms with Gasteiger partial charge in [-0.15, -0.1) is 0 Å². The Kier molecular flexibility index (Phi) is 12.3. The second-order valence-corrected chi connectivity index (χ2v) is 15.9. The van der Waals surface area contributed by atoms with Gasteiger partial charge in [-0.05, 0) is 68.1 Å². The van der Waals surface area contributed by atoms with E-state index in [2.05, 4.69) is 31.2 Å². The highest BCUT2D eigenvalue weighted by Crippen LogP contribution is 2.43. The average Bonchev–Trinajstić information content (AvgIpc) is 3.66. The normalized spacial score (nSPS) is 24.0. The molecule has 6 atom stereocenters. The Hall–Kier alpha value is -3.90. The van der Waals surface area contributed by atoms with Gasteiger partial charge in [-0.1, -0.05) is 59.8 Å². The molecule has 13 heteroatoms. The summed E-state index contributed by atoms with van der Waals surface area (Å²) >= 11 is 0. The number of nitrogens with zero attached hydrogens (tertiary/aromatic N) is 3. The molecule has 0 aromatic carbocycles. The average molecular weight is 694 g/mol. The van der Waals surface area contributed by atoms with Gasteiger partial charge in [-0.2, -0.15) is 0 Å². The Bertz CT molecular complexity index is 1400. The molecule has 50 heavy (non-hydrogen) atoms. The third-order valence-electron chi connectivity index (χ3n) is 10.9. The van der Waals surface area contributed by atoms with Crippen LogP contribution in [0.25, 0.3) is 0 Å². The number of fused-ring (bicyclic) bond motifs is 1. The van der Waals surface area contributed by atoms with E-state index in [0.29, 0.717) is 19.4 Å². The molecular weight excluding hydrogens is 638 g/mol. The molecule has 1 aliphatic heterocycles. The molecule has 4 N–H and O–H groups in total. The highest BCUT2D eigenvalue weighted by Gasteiger charge is 2.52. The van der Waals surface area contributed by atoms with E-state index < -0.39 is 53.1 Å². The minimum atomic E-state index is -0.976. The predicted octanol–water partition coefficient (Wildman–Crippen LogP) is 2.84. The van der Waals surface area contributed by atoms with Crippen LogP contribution in [0.2, 0.25) is 0 Å². The van der Waals surface area contributed by atoms with Gasteiger partial charge in [0, 0.05) is 37.4 Å². The summed E-state index contributed by atoms with van der Waals surface area (Å²) in [6.07, 6.45) is 14.5. The van der Waals surface area contributed by atoms with Gasteiger partial charge in [0.15, 0.2) is 0 Å². The van der Waals surface area contributed by atoms with Crippen LogP contribution >= 0.6 is 0 Å². The second kappa shape index (κ2) is 16.4. The molecule has 1 aromatic heterocycles. The van der Waals surface area contributed by atoms with Crippen molar-refractivity contribution in [2.45, 2.75) is 141 Å². The molecule has 0 bridgehead atoms. The first kappa shape index (κ1) is 37.4. The fourth-order valence-electron chi connectivity index (χ4n) is 8.09. The number of carbonyl (C=O) groups is 6. The maximum absolute atomic E-state index is 14.5. The van der Waals surface area contributed by atoms with Crippen LogP contribution in [-0.2, 0) is 24.0 Å². The molecular formula is C37H55N7O6. The first-order valence-corrected chi connectivity index (χ1v) is 18.7. The van der Waals surface area contributed by atoms with Gasteiger partial charge in [0.25, 0.3) is 11.8 Å². The number of likely N-dealkylation sites (tertiary alicyclic amines) is 1. The van der Waals surface area contributed by atoms with E-state index in [9.17, 15) is 28.8 Å². The van der Waals surface area contributed by atoms with Crippen molar-refractivity contribution < 1.29 is 28.8 Å². The third-order valence-corrected chi connectivity index (χ3v) is 10.9. The number of hydrogen-bond donors (Lipinski definition) is 4.